The Morgan fingerprint density at radius 1 is 1.00 bits per heavy atom. The molecule has 1 fully saturated rings. The molecule has 0 aliphatic carbocycles. The summed E-state index contributed by atoms with van der Waals surface area (Å²) in [5.41, 5.74) is -0.655. The topological polar surface area (TPSA) is 27.7 Å². The average Bonchev–Trinajstić information content (AvgIpc) is 2.62. The molecule has 3 nitrogen and oxygen atoms in total. The quantitative estimate of drug-likeness (QED) is 0.542. The van der Waals surface area contributed by atoms with Crippen molar-refractivity contribution in [2.24, 2.45) is 0 Å². The van der Waals surface area contributed by atoms with Gasteiger partial charge in [0.25, 0.3) is 0 Å². The molecule has 1 saturated heterocycles. The third-order valence-electron chi connectivity index (χ3n) is 5.30. The second-order valence-corrected chi connectivity index (χ2v) is 12.0. The van der Waals surface area contributed by atoms with E-state index in [1.54, 1.807) is 0 Å². The van der Waals surface area contributed by atoms with E-state index in [1.165, 1.54) is 30.9 Å². The van der Waals surface area contributed by atoms with Crippen molar-refractivity contribution in [3.8, 4) is 0 Å². The van der Waals surface area contributed by atoms with E-state index in [4.69, 9.17) is 13.7 Å². The molecule has 21 heavy (non-hydrogen) atoms. The van der Waals surface area contributed by atoms with Gasteiger partial charge < -0.3 is 13.7 Å². The molecule has 0 radical (unpaired) electrons. The molecule has 5 heteroatoms. The fourth-order valence-corrected chi connectivity index (χ4v) is 5.86. The molecule has 0 aromatic heterocycles. The third kappa shape index (κ3) is 3.31. The maximum atomic E-state index is 6.40. The van der Waals surface area contributed by atoms with Gasteiger partial charge in [0.15, 0.2) is 8.32 Å². The maximum Gasteiger partial charge on any atom is 0.393 e. The van der Waals surface area contributed by atoms with Crippen LogP contribution in [0.4, 0.5) is 0 Å². The van der Waals surface area contributed by atoms with E-state index >= 15 is 0 Å². The molecule has 2 rings (SSSR count). The summed E-state index contributed by atoms with van der Waals surface area (Å²) in [5.74, 6) is 2.20. The zero-order valence-electron chi connectivity index (χ0n) is 14.9. The Hall–Kier alpha value is -0.0982. The van der Waals surface area contributed by atoms with Crippen molar-refractivity contribution in [3.05, 3.63) is 11.2 Å². The summed E-state index contributed by atoms with van der Waals surface area (Å²) in [6.45, 7) is 13.5. The highest BCUT2D eigenvalue weighted by molar-refractivity contribution is 6.92. The van der Waals surface area contributed by atoms with E-state index in [0.29, 0.717) is 0 Å². The Balaban J connectivity index is 2.12. The van der Waals surface area contributed by atoms with Gasteiger partial charge >= 0.3 is 6.75 Å². The first-order chi connectivity index (χ1) is 9.54. The lowest BCUT2D eigenvalue weighted by molar-refractivity contribution is 0.00578. The highest BCUT2D eigenvalue weighted by atomic mass is 28.4. The first-order valence-corrected chi connectivity index (χ1v) is 11.4. The van der Waals surface area contributed by atoms with Crippen LogP contribution in [0.15, 0.2) is 11.2 Å². The Bertz CT molecular complexity index is 413. The van der Waals surface area contributed by atoms with Gasteiger partial charge in [-0.3, -0.25) is 0 Å². The predicted octanol–water partition coefficient (Wildman–Crippen LogP) is 4.74. The second kappa shape index (κ2) is 5.52. The van der Waals surface area contributed by atoms with Crippen molar-refractivity contribution in [2.45, 2.75) is 91.0 Å². The van der Waals surface area contributed by atoms with Gasteiger partial charge in [0.05, 0.1) is 0 Å². The van der Waals surface area contributed by atoms with Crippen molar-refractivity contribution in [1.82, 2.24) is 0 Å². The highest BCUT2D eigenvalue weighted by Crippen LogP contribution is 2.47. The fraction of sp³-hybridized carbons (Fsp3) is 0.875. The van der Waals surface area contributed by atoms with E-state index in [9.17, 15) is 0 Å². The third-order valence-corrected chi connectivity index (χ3v) is 8.19. The minimum Gasteiger partial charge on any atom is -0.583 e. The summed E-state index contributed by atoms with van der Waals surface area (Å²) in [6, 6.07) is 0. The van der Waals surface area contributed by atoms with E-state index < -0.39 is 15.1 Å². The Morgan fingerprint density at radius 3 is 2.10 bits per heavy atom. The Morgan fingerprint density at radius 2 is 1.57 bits per heavy atom. The SMILES string of the molecule is CCCCCCC1=C[B-]2(OC(C)(C)C(C)(C)O2)O[Si]1(C)C. The first-order valence-electron chi connectivity index (χ1n) is 8.50. The predicted molar refractivity (Wildman–Crippen MR) is 91.5 cm³/mol. The molecule has 0 aromatic rings. The van der Waals surface area contributed by atoms with Crippen molar-refractivity contribution in [3.63, 3.8) is 0 Å². The van der Waals surface area contributed by atoms with Crippen LogP contribution in [0.3, 0.4) is 0 Å². The first kappa shape index (κ1) is 17.3. The molecule has 2 heterocycles. The normalized spacial score (nSPS) is 28.0. The van der Waals surface area contributed by atoms with Gasteiger partial charge in [-0.15, -0.1) is 0 Å². The molecule has 0 aromatic carbocycles. The molecule has 122 valence electrons. The minimum absolute atomic E-state index is 0.328. The average molecular weight is 311 g/mol. The molecular weight excluding hydrogens is 279 g/mol. The minimum atomic E-state index is -1.85. The molecule has 0 bridgehead atoms. The van der Waals surface area contributed by atoms with Gasteiger partial charge in [0, 0.05) is 11.2 Å². The van der Waals surface area contributed by atoms with Gasteiger partial charge in [0.1, 0.15) is 0 Å². The van der Waals surface area contributed by atoms with E-state index in [-0.39, 0.29) is 11.2 Å². The van der Waals surface area contributed by atoms with Crippen LogP contribution in [0.2, 0.25) is 13.1 Å². The van der Waals surface area contributed by atoms with Crippen LogP contribution in [0.25, 0.3) is 0 Å². The lowest BCUT2D eigenvalue weighted by Gasteiger charge is -2.36. The lowest BCUT2D eigenvalue weighted by Crippen LogP contribution is -2.44. The summed E-state index contributed by atoms with van der Waals surface area (Å²) in [4.78, 5) is 0. The van der Waals surface area contributed by atoms with Crippen LogP contribution in [0.5, 0.6) is 0 Å². The summed E-state index contributed by atoms with van der Waals surface area (Å²) >= 11 is 0. The summed E-state index contributed by atoms with van der Waals surface area (Å²) in [6.07, 6.45) is 6.28. The molecule has 2 aliphatic rings. The largest absolute Gasteiger partial charge is 0.583 e. The number of rotatable bonds is 5. The zero-order chi connectivity index (χ0) is 15.9. The van der Waals surface area contributed by atoms with Crippen molar-refractivity contribution < 1.29 is 13.7 Å². The molecular formula is C16H32BO3Si-. The van der Waals surface area contributed by atoms with Gasteiger partial charge in [-0.1, -0.05) is 31.4 Å². The van der Waals surface area contributed by atoms with Crippen molar-refractivity contribution in [2.75, 3.05) is 0 Å². The Labute approximate surface area is 131 Å². The van der Waals surface area contributed by atoms with Gasteiger partial charge in [-0.25, -0.2) is 0 Å². The molecule has 2 aliphatic heterocycles. The van der Waals surface area contributed by atoms with Gasteiger partial charge in [-0.05, 0) is 53.6 Å². The number of allylic oxidation sites excluding steroid dienone is 1. The smallest absolute Gasteiger partial charge is 0.393 e. The van der Waals surface area contributed by atoms with Crippen molar-refractivity contribution in [1.29, 1.82) is 0 Å². The second-order valence-electron chi connectivity index (χ2n) is 8.08. The molecule has 0 N–H and O–H groups in total. The monoisotopic (exact) mass is 311 g/mol. The fourth-order valence-electron chi connectivity index (χ4n) is 3.34. The zero-order valence-corrected chi connectivity index (χ0v) is 15.9. The number of hydrogen-bond donors (Lipinski definition) is 0. The molecule has 0 amide bonds. The number of hydrogen-bond acceptors (Lipinski definition) is 3. The standard InChI is InChI=1S/C16H32BO3Si/c1-8-9-10-11-12-14-13-17(20-21(14,6)7)18-15(2,3)16(4,5)19-17/h13H,8-12H2,1-7H3/q-1. The van der Waals surface area contributed by atoms with E-state index in [1.807, 2.05) is 0 Å². The van der Waals surface area contributed by atoms with Crippen LogP contribution in [0.1, 0.15) is 66.7 Å². The van der Waals surface area contributed by atoms with Crippen LogP contribution >= 0.6 is 0 Å². The van der Waals surface area contributed by atoms with Gasteiger partial charge in [-0.2, -0.15) is 5.98 Å². The molecule has 1 spiro atoms. The molecule has 0 saturated carbocycles. The Kier molecular flexibility index (Phi) is 4.53. The summed E-state index contributed by atoms with van der Waals surface area (Å²) in [7, 11) is -1.85. The van der Waals surface area contributed by atoms with E-state index in [2.05, 4.69) is 53.7 Å². The van der Waals surface area contributed by atoms with Crippen molar-refractivity contribution >= 4 is 15.1 Å². The van der Waals surface area contributed by atoms with Crippen LogP contribution in [-0.4, -0.2) is 26.3 Å². The molecule has 0 atom stereocenters. The van der Waals surface area contributed by atoms with Crippen LogP contribution in [0, 0.1) is 0 Å². The number of unbranched alkanes of at least 4 members (excludes halogenated alkanes) is 3. The van der Waals surface area contributed by atoms with Crippen LogP contribution in [-0.2, 0) is 13.7 Å². The molecule has 0 unspecified atom stereocenters. The van der Waals surface area contributed by atoms with Crippen LogP contribution < -0.4 is 0 Å². The maximum absolute atomic E-state index is 6.40. The summed E-state index contributed by atoms with van der Waals surface area (Å²) < 4.78 is 19.0. The van der Waals surface area contributed by atoms with Gasteiger partial charge in [0.2, 0.25) is 0 Å². The highest BCUT2D eigenvalue weighted by Gasteiger charge is 2.56. The lowest BCUT2D eigenvalue weighted by atomic mass is 9.78. The summed E-state index contributed by atoms with van der Waals surface area (Å²) in [5, 5.41) is 1.46. The van der Waals surface area contributed by atoms with E-state index in [0.717, 1.165) is 6.42 Å².